The highest BCUT2D eigenvalue weighted by Gasteiger charge is 2.26. The van der Waals surface area contributed by atoms with Crippen molar-refractivity contribution in [2.75, 3.05) is 13.1 Å². The van der Waals surface area contributed by atoms with Crippen molar-refractivity contribution in [1.82, 2.24) is 9.88 Å². The number of aromatic amines is 1. The Morgan fingerprint density at radius 2 is 1.70 bits per heavy atom. The van der Waals surface area contributed by atoms with Gasteiger partial charge in [0.2, 0.25) is 0 Å². The molecule has 2 aliphatic rings. The van der Waals surface area contributed by atoms with Crippen molar-refractivity contribution in [3.8, 4) is 0 Å². The van der Waals surface area contributed by atoms with Crippen LogP contribution < -0.4 is 0 Å². The first-order valence-electron chi connectivity index (χ1n) is 10.3. The lowest BCUT2D eigenvalue weighted by atomic mass is 9.89. The van der Waals surface area contributed by atoms with Gasteiger partial charge in [-0.05, 0) is 79.3 Å². The Bertz CT molecular complexity index is 946. The summed E-state index contributed by atoms with van der Waals surface area (Å²) in [5, 5.41) is 1.28. The second-order valence-corrected chi connectivity index (χ2v) is 8.07. The first kappa shape index (κ1) is 16.6. The molecule has 0 radical (unpaired) electrons. The largest absolute Gasteiger partial charge is 0.358 e. The number of para-hydroxylation sites is 1. The first-order chi connectivity index (χ1) is 13.3. The Morgan fingerprint density at radius 3 is 2.52 bits per heavy atom. The van der Waals surface area contributed by atoms with Crippen molar-refractivity contribution in [1.29, 1.82) is 0 Å². The number of hydrogen-bond acceptors (Lipinski definition) is 1. The van der Waals surface area contributed by atoms with Gasteiger partial charge >= 0.3 is 0 Å². The number of H-pyrrole nitrogens is 1. The van der Waals surface area contributed by atoms with Gasteiger partial charge < -0.3 is 9.88 Å². The van der Waals surface area contributed by atoms with E-state index in [9.17, 15) is 4.79 Å². The third-order valence-electron chi connectivity index (χ3n) is 6.37. The Kier molecular flexibility index (Phi) is 4.23. The SMILES string of the molecule is O=C(c1ccc2c(c1)CCCC2)N1CCC(c2cc3ccccc3[nH]2)CC1. The van der Waals surface area contributed by atoms with E-state index in [0.29, 0.717) is 5.92 Å². The summed E-state index contributed by atoms with van der Waals surface area (Å²) in [4.78, 5) is 18.6. The molecule has 0 bridgehead atoms. The number of carbonyl (C=O) groups excluding carboxylic acids is 1. The minimum absolute atomic E-state index is 0.207. The van der Waals surface area contributed by atoms with Crippen molar-refractivity contribution >= 4 is 16.8 Å². The van der Waals surface area contributed by atoms with Crippen LogP contribution in [-0.2, 0) is 12.8 Å². The average Bonchev–Trinajstić information content (AvgIpc) is 3.17. The Morgan fingerprint density at radius 1 is 0.926 bits per heavy atom. The molecule has 0 saturated carbocycles. The predicted molar refractivity (Wildman–Crippen MR) is 109 cm³/mol. The molecule has 1 N–H and O–H groups in total. The summed E-state index contributed by atoms with van der Waals surface area (Å²) in [6, 6.07) is 17.1. The van der Waals surface area contributed by atoms with E-state index in [2.05, 4.69) is 47.4 Å². The lowest BCUT2D eigenvalue weighted by molar-refractivity contribution is 0.0712. The van der Waals surface area contributed by atoms with Crippen LogP contribution >= 0.6 is 0 Å². The summed E-state index contributed by atoms with van der Waals surface area (Å²) < 4.78 is 0. The smallest absolute Gasteiger partial charge is 0.253 e. The fourth-order valence-electron chi connectivity index (χ4n) is 4.76. The van der Waals surface area contributed by atoms with Gasteiger partial charge in [0.1, 0.15) is 0 Å². The van der Waals surface area contributed by atoms with Gasteiger partial charge in [-0.2, -0.15) is 0 Å². The van der Waals surface area contributed by atoms with Gasteiger partial charge in [-0.1, -0.05) is 24.3 Å². The molecule has 0 spiro atoms. The molecule has 3 heteroatoms. The Hall–Kier alpha value is -2.55. The fourth-order valence-corrected chi connectivity index (χ4v) is 4.76. The van der Waals surface area contributed by atoms with Crippen LogP contribution in [0.3, 0.4) is 0 Å². The second-order valence-electron chi connectivity index (χ2n) is 8.07. The molecule has 3 aromatic rings. The van der Waals surface area contributed by atoms with E-state index in [1.807, 2.05) is 11.0 Å². The Balaban J connectivity index is 1.28. The molecule has 1 amide bonds. The van der Waals surface area contributed by atoms with Gasteiger partial charge in [0.15, 0.2) is 0 Å². The number of piperidine rings is 1. The van der Waals surface area contributed by atoms with E-state index >= 15 is 0 Å². The second kappa shape index (κ2) is 6.88. The molecular formula is C24H26N2O. The number of aryl methyl sites for hydroxylation is 2. The van der Waals surface area contributed by atoms with E-state index in [-0.39, 0.29) is 5.91 Å². The molecule has 1 aromatic heterocycles. The van der Waals surface area contributed by atoms with Gasteiger partial charge in [0.25, 0.3) is 5.91 Å². The van der Waals surface area contributed by atoms with Crippen LogP contribution in [0.25, 0.3) is 10.9 Å². The first-order valence-corrected chi connectivity index (χ1v) is 10.3. The maximum absolute atomic E-state index is 13.0. The van der Waals surface area contributed by atoms with Gasteiger partial charge in [-0.3, -0.25) is 4.79 Å². The predicted octanol–water partition coefficient (Wildman–Crippen LogP) is 5.07. The monoisotopic (exact) mass is 358 g/mol. The summed E-state index contributed by atoms with van der Waals surface area (Å²) in [7, 11) is 0. The number of aromatic nitrogens is 1. The van der Waals surface area contributed by atoms with Gasteiger partial charge in [0, 0.05) is 35.8 Å². The molecule has 1 aliphatic carbocycles. The molecule has 1 saturated heterocycles. The minimum atomic E-state index is 0.207. The third-order valence-corrected chi connectivity index (χ3v) is 6.37. The maximum atomic E-state index is 13.0. The van der Waals surface area contributed by atoms with Crippen LogP contribution in [0.1, 0.15) is 58.8 Å². The quantitative estimate of drug-likeness (QED) is 0.682. The number of nitrogens with zero attached hydrogens (tertiary/aromatic N) is 1. The molecule has 1 aliphatic heterocycles. The van der Waals surface area contributed by atoms with Gasteiger partial charge in [-0.15, -0.1) is 0 Å². The van der Waals surface area contributed by atoms with Crippen LogP contribution in [-0.4, -0.2) is 28.9 Å². The van der Waals surface area contributed by atoms with Crippen LogP contribution in [0.2, 0.25) is 0 Å². The van der Waals surface area contributed by atoms with E-state index in [1.54, 1.807) is 0 Å². The lowest BCUT2D eigenvalue weighted by Crippen LogP contribution is -2.38. The van der Waals surface area contributed by atoms with E-state index < -0.39 is 0 Å². The minimum Gasteiger partial charge on any atom is -0.358 e. The number of benzene rings is 2. The van der Waals surface area contributed by atoms with Crippen LogP contribution in [0.5, 0.6) is 0 Å². The maximum Gasteiger partial charge on any atom is 0.253 e. The van der Waals surface area contributed by atoms with Gasteiger partial charge in [0.05, 0.1) is 0 Å². The van der Waals surface area contributed by atoms with E-state index in [0.717, 1.165) is 37.9 Å². The number of nitrogens with one attached hydrogen (secondary N) is 1. The lowest BCUT2D eigenvalue weighted by Gasteiger charge is -2.32. The van der Waals surface area contributed by atoms with Crippen molar-refractivity contribution in [3.63, 3.8) is 0 Å². The summed E-state index contributed by atoms with van der Waals surface area (Å²) in [5.41, 5.74) is 6.23. The number of amides is 1. The van der Waals surface area contributed by atoms with E-state index in [4.69, 9.17) is 0 Å². The normalized spacial score (nSPS) is 17.9. The standard InChI is InChI=1S/C24H26N2O/c27-24(21-10-9-17-5-1-2-6-19(17)15-21)26-13-11-18(12-14-26)23-16-20-7-3-4-8-22(20)25-23/h3-4,7-10,15-16,18,25H,1-2,5-6,11-14H2. The number of rotatable bonds is 2. The van der Waals surface area contributed by atoms with Crippen LogP contribution in [0, 0.1) is 0 Å². The molecule has 2 heterocycles. The van der Waals surface area contributed by atoms with Gasteiger partial charge in [-0.25, -0.2) is 0 Å². The Labute approximate surface area is 160 Å². The summed E-state index contributed by atoms with van der Waals surface area (Å²) in [5.74, 6) is 0.725. The molecule has 3 nitrogen and oxygen atoms in total. The zero-order valence-corrected chi connectivity index (χ0v) is 15.7. The molecule has 2 aromatic carbocycles. The number of carbonyl (C=O) groups is 1. The number of likely N-dealkylation sites (tertiary alicyclic amines) is 1. The molecule has 27 heavy (non-hydrogen) atoms. The highest BCUT2D eigenvalue weighted by Crippen LogP contribution is 2.31. The molecule has 1 fully saturated rings. The zero-order valence-electron chi connectivity index (χ0n) is 15.7. The van der Waals surface area contributed by atoms with Crippen molar-refractivity contribution in [2.24, 2.45) is 0 Å². The average molecular weight is 358 g/mol. The molecule has 138 valence electrons. The molecule has 0 unspecified atom stereocenters. The van der Waals surface area contributed by atoms with Crippen LogP contribution in [0.15, 0.2) is 48.5 Å². The topological polar surface area (TPSA) is 36.1 Å². The van der Waals surface area contributed by atoms with Crippen molar-refractivity contribution in [2.45, 2.75) is 44.4 Å². The number of hydrogen-bond donors (Lipinski definition) is 1. The summed E-state index contributed by atoms with van der Waals surface area (Å²) in [6.45, 7) is 1.69. The summed E-state index contributed by atoms with van der Waals surface area (Å²) >= 11 is 0. The number of fused-ring (bicyclic) bond motifs is 2. The zero-order chi connectivity index (χ0) is 18.2. The van der Waals surface area contributed by atoms with Crippen molar-refractivity contribution in [3.05, 3.63) is 70.9 Å². The van der Waals surface area contributed by atoms with Crippen molar-refractivity contribution < 1.29 is 4.79 Å². The van der Waals surface area contributed by atoms with Crippen LogP contribution in [0.4, 0.5) is 0 Å². The summed E-state index contributed by atoms with van der Waals surface area (Å²) in [6.07, 6.45) is 6.88. The van der Waals surface area contributed by atoms with E-state index in [1.165, 1.54) is 47.0 Å². The highest BCUT2D eigenvalue weighted by atomic mass is 16.2. The molecular weight excluding hydrogens is 332 g/mol. The fraction of sp³-hybridized carbons (Fsp3) is 0.375. The molecule has 0 atom stereocenters. The molecule has 5 rings (SSSR count). The highest BCUT2D eigenvalue weighted by molar-refractivity contribution is 5.94. The third kappa shape index (κ3) is 3.16.